The van der Waals surface area contributed by atoms with Gasteiger partial charge in [-0.15, -0.1) is 0 Å². The fourth-order valence-electron chi connectivity index (χ4n) is 1.91. The second kappa shape index (κ2) is 6.81. The molecule has 0 radical (unpaired) electrons. The van der Waals surface area contributed by atoms with Crippen molar-refractivity contribution in [2.24, 2.45) is 0 Å². The molecule has 0 spiro atoms. The first-order chi connectivity index (χ1) is 8.79. The molecule has 98 valence electrons. The Hall–Kier alpha value is -1.00. The molecular formula is C14H21N3S. The Balaban J connectivity index is 1.79. The molecule has 2 aromatic rings. The highest BCUT2D eigenvalue weighted by Crippen LogP contribution is 2.10. The summed E-state index contributed by atoms with van der Waals surface area (Å²) in [6.07, 6.45) is 0.954. The van der Waals surface area contributed by atoms with Crippen molar-refractivity contribution in [3.63, 3.8) is 0 Å². The van der Waals surface area contributed by atoms with E-state index in [9.17, 15) is 0 Å². The van der Waals surface area contributed by atoms with Gasteiger partial charge in [0.05, 0.1) is 11.0 Å². The molecule has 1 aromatic carbocycles. The minimum atomic E-state index is 0.569. The minimum Gasteiger partial charge on any atom is -0.342 e. The average molecular weight is 263 g/mol. The molecule has 1 atom stereocenters. The quantitative estimate of drug-likeness (QED) is 0.807. The molecule has 0 saturated carbocycles. The van der Waals surface area contributed by atoms with Crippen molar-refractivity contribution in [3.05, 3.63) is 30.1 Å². The molecule has 0 aliphatic heterocycles. The first-order valence-electron chi connectivity index (χ1n) is 6.54. The molecule has 2 N–H and O–H groups in total. The summed E-state index contributed by atoms with van der Waals surface area (Å²) in [4.78, 5) is 7.93. The smallest absolute Gasteiger partial charge is 0.108 e. The van der Waals surface area contributed by atoms with Gasteiger partial charge >= 0.3 is 0 Å². The van der Waals surface area contributed by atoms with Gasteiger partial charge in [0.2, 0.25) is 0 Å². The van der Waals surface area contributed by atoms with Crippen molar-refractivity contribution in [1.82, 2.24) is 15.3 Å². The lowest BCUT2D eigenvalue weighted by Crippen LogP contribution is -2.30. The number of fused-ring (bicyclic) bond motifs is 1. The number of imidazole rings is 1. The van der Waals surface area contributed by atoms with Crippen LogP contribution < -0.4 is 5.32 Å². The third-order valence-corrected chi connectivity index (χ3v) is 4.01. The molecule has 0 aliphatic rings. The van der Waals surface area contributed by atoms with E-state index in [1.165, 1.54) is 11.5 Å². The topological polar surface area (TPSA) is 40.7 Å². The highest BCUT2D eigenvalue weighted by Gasteiger charge is 2.03. The van der Waals surface area contributed by atoms with Crippen molar-refractivity contribution in [1.29, 1.82) is 0 Å². The molecule has 1 aromatic heterocycles. The lowest BCUT2D eigenvalue weighted by atomic mass is 10.3. The number of para-hydroxylation sites is 2. The fraction of sp³-hybridized carbons (Fsp3) is 0.500. The second-order valence-corrected chi connectivity index (χ2v) is 5.78. The summed E-state index contributed by atoms with van der Waals surface area (Å²) in [5.74, 6) is 3.44. The summed E-state index contributed by atoms with van der Waals surface area (Å²) in [5, 5.41) is 3.53. The maximum Gasteiger partial charge on any atom is 0.108 e. The standard InChI is InChI=1S/C14H21N3S/c1-3-18-10-11(2)15-9-8-14-16-12-6-4-5-7-13(12)17-14/h4-7,11,15H,3,8-10H2,1-2H3,(H,16,17)/t11-/m1/s1. The van der Waals surface area contributed by atoms with Gasteiger partial charge in [0, 0.05) is 24.8 Å². The second-order valence-electron chi connectivity index (χ2n) is 4.47. The number of thioether (sulfide) groups is 1. The molecule has 0 fully saturated rings. The lowest BCUT2D eigenvalue weighted by Gasteiger charge is -2.11. The molecule has 3 nitrogen and oxygen atoms in total. The van der Waals surface area contributed by atoms with Crippen LogP contribution in [0.2, 0.25) is 0 Å². The third kappa shape index (κ3) is 3.75. The third-order valence-electron chi connectivity index (χ3n) is 2.86. The Bertz CT molecular complexity index is 448. The molecular weight excluding hydrogens is 242 g/mol. The van der Waals surface area contributed by atoms with Gasteiger partial charge in [-0.3, -0.25) is 0 Å². The fourth-order valence-corrected chi connectivity index (χ4v) is 2.62. The van der Waals surface area contributed by atoms with E-state index in [2.05, 4.69) is 35.2 Å². The SMILES string of the molecule is CCSC[C@@H](C)NCCc1nc2ccccc2[nH]1. The van der Waals surface area contributed by atoms with Crippen LogP contribution in [-0.2, 0) is 6.42 Å². The summed E-state index contributed by atoms with van der Waals surface area (Å²) in [7, 11) is 0. The first kappa shape index (κ1) is 13.4. The highest BCUT2D eigenvalue weighted by atomic mass is 32.2. The van der Waals surface area contributed by atoms with Gasteiger partial charge in [0.25, 0.3) is 0 Å². The van der Waals surface area contributed by atoms with Crippen LogP contribution in [0.3, 0.4) is 0 Å². The highest BCUT2D eigenvalue weighted by molar-refractivity contribution is 7.99. The molecule has 0 amide bonds. The van der Waals surface area contributed by atoms with Crippen LogP contribution in [0.5, 0.6) is 0 Å². The maximum absolute atomic E-state index is 4.57. The monoisotopic (exact) mass is 263 g/mol. The van der Waals surface area contributed by atoms with Crippen LogP contribution in [-0.4, -0.2) is 34.1 Å². The normalized spacial score (nSPS) is 13.0. The van der Waals surface area contributed by atoms with Gasteiger partial charge in [-0.25, -0.2) is 4.98 Å². The van der Waals surface area contributed by atoms with Crippen LogP contribution in [0.15, 0.2) is 24.3 Å². The number of aromatic nitrogens is 2. The Morgan fingerprint density at radius 2 is 2.22 bits per heavy atom. The average Bonchev–Trinajstić information content (AvgIpc) is 2.79. The number of hydrogen-bond donors (Lipinski definition) is 2. The number of nitrogens with one attached hydrogen (secondary N) is 2. The van der Waals surface area contributed by atoms with E-state index in [0.717, 1.165) is 29.8 Å². The Morgan fingerprint density at radius 3 is 3.00 bits per heavy atom. The molecule has 2 rings (SSSR count). The number of rotatable bonds is 7. The number of hydrogen-bond acceptors (Lipinski definition) is 3. The number of aromatic amines is 1. The van der Waals surface area contributed by atoms with Crippen molar-refractivity contribution in [3.8, 4) is 0 Å². The van der Waals surface area contributed by atoms with Gasteiger partial charge < -0.3 is 10.3 Å². The lowest BCUT2D eigenvalue weighted by molar-refractivity contribution is 0.591. The molecule has 4 heteroatoms. The summed E-state index contributed by atoms with van der Waals surface area (Å²) in [6, 6.07) is 8.74. The van der Waals surface area contributed by atoms with Crippen LogP contribution in [0.25, 0.3) is 11.0 Å². The Labute approximate surface area is 113 Å². The predicted octanol–water partition coefficient (Wildman–Crippen LogP) is 2.84. The van der Waals surface area contributed by atoms with E-state index < -0.39 is 0 Å². The van der Waals surface area contributed by atoms with E-state index in [4.69, 9.17) is 0 Å². The van der Waals surface area contributed by atoms with Crippen molar-refractivity contribution in [2.45, 2.75) is 26.3 Å². The zero-order chi connectivity index (χ0) is 12.8. The predicted molar refractivity (Wildman–Crippen MR) is 80.3 cm³/mol. The summed E-state index contributed by atoms with van der Waals surface area (Å²) in [6.45, 7) is 5.42. The van der Waals surface area contributed by atoms with Crippen LogP contribution in [0.1, 0.15) is 19.7 Å². The Kier molecular flexibility index (Phi) is 5.08. The zero-order valence-corrected chi connectivity index (χ0v) is 11.9. The summed E-state index contributed by atoms with van der Waals surface area (Å²) < 4.78 is 0. The molecule has 0 saturated heterocycles. The number of benzene rings is 1. The van der Waals surface area contributed by atoms with Crippen molar-refractivity contribution >= 4 is 22.8 Å². The van der Waals surface area contributed by atoms with E-state index >= 15 is 0 Å². The van der Waals surface area contributed by atoms with Gasteiger partial charge in [0.1, 0.15) is 5.82 Å². The molecule has 18 heavy (non-hydrogen) atoms. The Morgan fingerprint density at radius 1 is 1.39 bits per heavy atom. The maximum atomic E-state index is 4.57. The van der Waals surface area contributed by atoms with Gasteiger partial charge in [0.15, 0.2) is 0 Å². The van der Waals surface area contributed by atoms with E-state index in [0.29, 0.717) is 6.04 Å². The number of nitrogens with zero attached hydrogens (tertiary/aromatic N) is 1. The molecule has 1 heterocycles. The van der Waals surface area contributed by atoms with Gasteiger partial charge in [-0.2, -0.15) is 11.8 Å². The zero-order valence-electron chi connectivity index (χ0n) is 11.1. The molecule has 0 bridgehead atoms. The van der Waals surface area contributed by atoms with Crippen molar-refractivity contribution < 1.29 is 0 Å². The van der Waals surface area contributed by atoms with Gasteiger partial charge in [-0.05, 0) is 24.8 Å². The van der Waals surface area contributed by atoms with Crippen LogP contribution in [0.4, 0.5) is 0 Å². The molecule has 0 aliphatic carbocycles. The van der Waals surface area contributed by atoms with Crippen molar-refractivity contribution in [2.75, 3.05) is 18.1 Å². The van der Waals surface area contributed by atoms with E-state index in [1.807, 2.05) is 30.0 Å². The van der Waals surface area contributed by atoms with Crippen LogP contribution in [0, 0.1) is 0 Å². The van der Waals surface area contributed by atoms with E-state index in [-0.39, 0.29) is 0 Å². The summed E-state index contributed by atoms with van der Waals surface area (Å²) >= 11 is 1.98. The largest absolute Gasteiger partial charge is 0.342 e. The molecule has 0 unspecified atom stereocenters. The first-order valence-corrected chi connectivity index (χ1v) is 7.70. The number of H-pyrrole nitrogens is 1. The van der Waals surface area contributed by atoms with Crippen LogP contribution >= 0.6 is 11.8 Å². The summed E-state index contributed by atoms with van der Waals surface area (Å²) in [5.41, 5.74) is 2.18. The van der Waals surface area contributed by atoms with E-state index in [1.54, 1.807) is 0 Å². The van der Waals surface area contributed by atoms with Gasteiger partial charge in [-0.1, -0.05) is 19.1 Å². The minimum absolute atomic E-state index is 0.569.